The molecule has 0 rings (SSSR count). The highest BCUT2D eigenvalue weighted by Crippen LogP contribution is 2.04. The summed E-state index contributed by atoms with van der Waals surface area (Å²) in [4.78, 5) is 3.90. The molecule has 6 heteroatoms. The van der Waals surface area contributed by atoms with Gasteiger partial charge in [0, 0.05) is 24.5 Å². The number of halogens is 1. The highest BCUT2D eigenvalue weighted by molar-refractivity contribution is 14.1. The van der Waals surface area contributed by atoms with Gasteiger partial charge in [0.15, 0.2) is 0 Å². The molecule has 0 aliphatic rings. The van der Waals surface area contributed by atoms with E-state index in [0.29, 0.717) is 12.1 Å². The average molecular weight is 308 g/mol. The molecule has 0 bridgehead atoms. The Morgan fingerprint density at radius 2 is 2.21 bits per heavy atom. The lowest BCUT2D eigenvalue weighted by Gasteiger charge is -2.10. The average Bonchev–Trinajstić information content (AvgIpc) is 2.17. The van der Waals surface area contributed by atoms with Crippen molar-refractivity contribution >= 4 is 38.2 Å². The van der Waals surface area contributed by atoms with Gasteiger partial charge in [-0.05, 0) is 29.5 Å². The van der Waals surface area contributed by atoms with E-state index in [1.165, 1.54) is 12.4 Å². The molecular weight excluding hydrogens is 295 g/mol. The van der Waals surface area contributed by atoms with E-state index in [0.717, 1.165) is 0 Å². The zero-order valence-corrected chi connectivity index (χ0v) is 9.95. The van der Waals surface area contributed by atoms with E-state index in [4.69, 9.17) is 16.6 Å². The summed E-state index contributed by atoms with van der Waals surface area (Å²) in [7, 11) is 0. The van der Waals surface area contributed by atoms with E-state index >= 15 is 0 Å². The van der Waals surface area contributed by atoms with E-state index in [1.54, 1.807) is 22.6 Å². The van der Waals surface area contributed by atoms with Crippen molar-refractivity contribution in [3.8, 4) is 0 Å². The summed E-state index contributed by atoms with van der Waals surface area (Å²) in [5.74, 6) is 0. The number of hydrogen-bond donors (Lipinski definition) is 4. The minimum Gasteiger partial charge on any atom is -0.404 e. The fourth-order valence-electron chi connectivity index (χ4n) is 0.688. The van der Waals surface area contributed by atoms with Crippen LogP contribution in [0.4, 0.5) is 0 Å². The van der Waals surface area contributed by atoms with Gasteiger partial charge >= 0.3 is 0 Å². The maximum atomic E-state index is 9.56. The standard InChI is InChI=1S/C8H13IN4O/c1-2-13-4-5(3-10)7(14)6(11)8(9)12/h3-4,7,11-12,14H,2,10H2,1H3. The minimum atomic E-state index is -1.17. The number of nitrogens with zero attached hydrogens (tertiary/aromatic N) is 1. The number of aliphatic imine (C=N–C) groups is 1. The summed E-state index contributed by atoms with van der Waals surface area (Å²) in [5.41, 5.74) is 5.43. The van der Waals surface area contributed by atoms with Crippen LogP contribution in [0.2, 0.25) is 0 Å². The highest BCUT2D eigenvalue weighted by Gasteiger charge is 2.16. The first-order chi connectivity index (χ1) is 6.54. The molecule has 14 heavy (non-hydrogen) atoms. The van der Waals surface area contributed by atoms with Crippen LogP contribution in [0.5, 0.6) is 0 Å². The SMILES string of the molecule is CCN=CC(=CN)C(O)C(=N)C(=N)I. The third kappa shape index (κ3) is 3.97. The lowest BCUT2D eigenvalue weighted by atomic mass is 10.1. The second-order valence-corrected chi connectivity index (χ2v) is 3.50. The summed E-state index contributed by atoms with van der Waals surface area (Å²) in [6.45, 7) is 2.43. The van der Waals surface area contributed by atoms with Crippen molar-refractivity contribution < 1.29 is 5.11 Å². The molecule has 0 saturated heterocycles. The topological polar surface area (TPSA) is 106 Å². The fourth-order valence-corrected chi connectivity index (χ4v) is 0.983. The van der Waals surface area contributed by atoms with Crippen LogP contribution in [-0.4, -0.2) is 33.4 Å². The summed E-state index contributed by atoms with van der Waals surface area (Å²) >= 11 is 1.66. The number of nitrogens with one attached hydrogen (secondary N) is 2. The summed E-state index contributed by atoms with van der Waals surface area (Å²) in [5, 5.41) is 24.1. The Labute approximate surface area is 96.3 Å². The molecule has 0 aliphatic heterocycles. The van der Waals surface area contributed by atoms with Gasteiger partial charge in [0.25, 0.3) is 0 Å². The molecule has 0 amide bonds. The van der Waals surface area contributed by atoms with Crippen LogP contribution in [0.15, 0.2) is 16.8 Å². The van der Waals surface area contributed by atoms with Gasteiger partial charge in [-0.2, -0.15) is 0 Å². The van der Waals surface area contributed by atoms with E-state index in [9.17, 15) is 5.11 Å². The molecule has 0 aliphatic carbocycles. The molecule has 0 heterocycles. The van der Waals surface area contributed by atoms with Crippen LogP contribution < -0.4 is 5.73 Å². The molecule has 0 radical (unpaired) electrons. The zero-order chi connectivity index (χ0) is 11.1. The fraction of sp³-hybridized carbons (Fsp3) is 0.375. The van der Waals surface area contributed by atoms with Gasteiger partial charge in [0.05, 0.1) is 5.71 Å². The number of aliphatic hydroxyl groups is 1. The first-order valence-electron chi connectivity index (χ1n) is 3.97. The van der Waals surface area contributed by atoms with Crippen LogP contribution in [0.3, 0.4) is 0 Å². The molecule has 0 aromatic rings. The van der Waals surface area contributed by atoms with Crippen molar-refractivity contribution in [1.82, 2.24) is 0 Å². The van der Waals surface area contributed by atoms with Gasteiger partial charge in [-0.3, -0.25) is 15.8 Å². The van der Waals surface area contributed by atoms with Gasteiger partial charge in [-0.25, -0.2) is 0 Å². The highest BCUT2D eigenvalue weighted by atomic mass is 127. The smallest absolute Gasteiger partial charge is 0.126 e. The number of rotatable bonds is 5. The lowest BCUT2D eigenvalue weighted by Crippen LogP contribution is -2.27. The molecule has 5 nitrogen and oxygen atoms in total. The van der Waals surface area contributed by atoms with Gasteiger partial charge in [0.2, 0.25) is 0 Å². The molecule has 0 spiro atoms. The van der Waals surface area contributed by atoms with Crippen molar-refractivity contribution in [2.75, 3.05) is 6.54 Å². The van der Waals surface area contributed by atoms with Gasteiger partial charge in [-0.15, -0.1) is 0 Å². The van der Waals surface area contributed by atoms with Crippen molar-refractivity contribution in [2.24, 2.45) is 10.7 Å². The molecule has 5 N–H and O–H groups in total. The third-order valence-corrected chi connectivity index (χ3v) is 2.02. The van der Waals surface area contributed by atoms with Gasteiger partial charge in [-0.1, -0.05) is 0 Å². The molecule has 0 saturated carbocycles. The van der Waals surface area contributed by atoms with E-state index in [-0.39, 0.29) is 9.43 Å². The van der Waals surface area contributed by atoms with Crippen molar-refractivity contribution in [2.45, 2.75) is 13.0 Å². The normalized spacial score (nSPS) is 14.4. The van der Waals surface area contributed by atoms with Crippen molar-refractivity contribution in [1.29, 1.82) is 10.8 Å². The van der Waals surface area contributed by atoms with Crippen LogP contribution >= 0.6 is 22.6 Å². The number of aliphatic hydroxyl groups excluding tert-OH is 1. The molecule has 1 atom stereocenters. The molecule has 1 unspecified atom stereocenters. The van der Waals surface area contributed by atoms with Gasteiger partial charge < -0.3 is 10.8 Å². The third-order valence-electron chi connectivity index (χ3n) is 1.44. The Balaban J connectivity index is 4.64. The summed E-state index contributed by atoms with van der Waals surface area (Å²) < 4.78 is -0.0145. The Morgan fingerprint density at radius 3 is 2.57 bits per heavy atom. The van der Waals surface area contributed by atoms with Crippen LogP contribution in [0, 0.1) is 10.8 Å². The quantitative estimate of drug-likeness (QED) is 0.443. The van der Waals surface area contributed by atoms with Crippen molar-refractivity contribution in [3.63, 3.8) is 0 Å². The van der Waals surface area contributed by atoms with Crippen LogP contribution in [-0.2, 0) is 0 Å². The largest absolute Gasteiger partial charge is 0.404 e. The zero-order valence-electron chi connectivity index (χ0n) is 7.79. The summed E-state index contributed by atoms with van der Waals surface area (Å²) in [6.07, 6.45) is 1.44. The van der Waals surface area contributed by atoms with E-state index in [2.05, 4.69) is 4.99 Å². The van der Waals surface area contributed by atoms with Crippen molar-refractivity contribution in [3.05, 3.63) is 11.8 Å². The first kappa shape index (κ1) is 13.2. The lowest BCUT2D eigenvalue weighted by molar-refractivity contribution is 0.284. The predicted molar refractivity (Wildman–Crippen MR) is 66.8 cm³/mol. The molecular formula is C8H13IN4O. The Morgan fingerprint density at radius 1 is 1.64 bits per heavy atom. The Bertz CT molecular complexity index is 285. The van der Waals surface area contributed by atoms with E-state index < -0.39 is 6.10 Å². The maximum Gasteiger partial charge on any atom is 0.126 e. The van der Waals surface area contributed by atoms with Gasteiger partial charge in [0.1, 0.15) is 9.82 Å². The summed E-state index contributed by atoms with van der Waals surface area (Å²) in [6, 6.07) is 0. The second-order valence-electron chi connectivity index (χ2n) is 2.42. The Hall–Kier alpha value is -0.760. The predicted octanol–water partition coefficient (Wildman–Crippen LogP) is 0.713. The maximum absolute atomic E-state index is 9.56. The second kappa shape index (κ2) is 6.66. The molecule has 0 aromatic heterocycles. The molecule has 78 valence electrons. The van der Waals surface area contributed by atoms with E-state index in [1.807, 2.05) is 6.92 Å². The number of nitrogens with two attached hydrogens (primary N) is 1. The Kier molecular flexibility index (Phi) is 6.30. The first-order valence-corrected chi connectivity index (χ1v) is 5.05. The number of hydrogen-bond acceptors (Lipinski definition) is 5. The molecule has 0 fully saturated rings. The monoisotopic (exact) mass is 308 g/mol. The van der Waals surface area contributed by atoms with Crippen LogP contribution in [0.1, 0.15) is 6.92 Å². The van der Waals surface area contributed by atoms with Crippen LogP contribution in [0.25, 0.3) is 0 Å². The molecule has 0 aromatic carbocycles. The minimum absolute atomic E-state index is 0.0145.